The van der Waals surface area contributed by atoms with E-state index in [1.54, 1.807) is 19.6 Å². The summed E-state index contributed by atoms with van der Waals surface area (Å²) in [5, 5.41) is 34.8. The number of rotatable bonds is 17. The number of unbranched alkanes of at least 4 members (excludes halogenated alkanes) is 6. The molecule has 4 aliphatic rings. The van der Waals surface area contributed by atoms with Gasteiger partial charge in [-0.25, -0.2) is 0 Å². The molecular formula is C37H62N4O12. The summed E-state index contributed by atoms with van der Waals surface area (Å²) in [4.78, 5) is 93.9. The van der Waals surface area contributed by atoms with Crippen LogP contribution in [0.4, 0.5) is 0 Å². The Morgan fingerprint density at radius 2 is 0.698 bits per heavy atom. The minimum absolute atomic E-state index is 0.00102. The number of carboxylic acid groups (broad SMARTS) is 4. The molecule has 0 aliphatic carbocycles. The van der Waals surface area contributed by atoms with E-state index in [4.69, 9.17) is 20.4 Å². The molecule has 4 fully saturated rings. The predicted molar refractivity (Wildman–Crippen MR) is 194 cm³/mol. The summed E-state index contributed by atoms with van der Waals surface area (Å²) in [6.07, 6.45) is 10.4. The first-order chi connectivity index (χ1) is 25.1. The van der Waals surface area contributed by atoms with E-state index in [1.165, 1.54) is 12.8 Å². The van der Waals surface area contributed by atoms with Crippen molar-refractivity contribution in [1.29, 1.82) is 0 Å². The van der Waals surface area contributed by atoms with Gasteiger partial charge in [0.15, 0.2) is 0 Å². The Labute approximate surface area is 312 Å². The maximum atomic E-state index is 11.4. The Hall–Kier alpha value is -4.24. The molecule has 4 amide bonds. The molecule has 16 heteroatoms. The first-order valence-corrected chi connectivity index (χ1v) is 19.1. The lowest BCUT2D eigenvalue weighted by molar-refractivity contribution is -0.142. The Balaban J connectivity index is 0.000000355. The number of amides is 4. The van der Waals surface area contributed by atoms with Crippen LogP contribution in [-0.2, 0) is 38.4 Å². The van der Waals surface area contributed by atoms with Crippen molar-refractivity contribution >= 4 is 47.5 Å². The van der Waals surface area contributed by atoms with Crippen LogP contribution in [0.2, 0.25) is 0 Å². The van der Waals surface area contributed by atoms with Gasteiger partial charge in [0.05, 0.1) is 23.7 Å². The maximum absolute atomic E-state index is 11.4. The number of carbonyl (C=O) groups is 8. The lowest BCUT2D eigenvalue weighted by Crippen LogP contribution is -2.27. The van der Waals surface area contributed by atoms with Gasteiger partial charge in [0.2, 0.25) is 23.6 Å². The zero-order valence-electron chi connectivity index (χ0n) is 32.0. The molecule has 0 saturated carbocycles. The molecule has 0 radical (unpaired) electrons. The van der Waals surface area contributed by atoms with Crippen LogP contribution in [0.3, 0.4) is 0 Å². The molecule has 4 saturated heterocycles. The Morgan fingerprint density at radius 3 is 0.962 bits per heavy atom. The summed E-state index contributed by atoms with van der Waals surface area (Å²) < 4.78 is 0. The molecule has 16 nitrogen and oxygen atoms in total. The maximum Gasteiger partial charge on any atom is 0.308 e. The second-order valence-corrected chi connectivity index (χ2v) is 14.0. The van der Waals surface area contributed by atoms with Gasteiger partial charge in [-0.3, -0.25) is 38.4 Å². The van der Waals surface area contributed by atoms with Crippen LogP contribution >= 0.6 is 0 Å². The molecule has 0 aromatic carbocycles. The number of likely N-dealkylation sites (tertiary alicyclic amines) is 4. The number of carbonyl (C=O) groups excluding carboxylic acids is 4. The van der Waals surface area contributed by atoms with Crippen molar-refractivity contribution in [3.63, 3.8) is 0 Å². The minimum Gasteiger partial charge on any atom is -0.481 e. The fourth-order valence-electron chi connectivity index (χ4n) is 6.34. The molecule has 4 unspecified atom stereocenters. The summed E-state index contributed by atoms with van der Waals surface area (Å²) in [7, 11) is 0. The van der Waals surface area contributed by atoms with Crippen molar-refractivity contribution in [2.24, 2.45) is 23.7 Å². The van der Waals surface area contributed by atoms with Crippen LogP contribution in [0.15, 0.2) is 0 Å². The second kappa shape index (κ2) is 24.9. The number of nitrogens with zero attached hydrogens (tertiary/aromatic N) is 4. The highest BCUT2D eigenvalue weighted by atomic mass is 16.4. The van der Waals surface area contributed by atoms with Gasteiger partial charge in [-0.1, -0.05) is 59.3 Å². The normalized spacial score (nSPS) is 22.2. The minimum atomic E-state index is -0.866. The average molecular weight is 755 g/mol. The number of aliphatic carboxylic acids is 4. The van der Waals surface area contributed by atoms with E-state index in [0.29, 0.717) is 39.3 Å². The van der Waals surface area contributed by atoms with Crippen molar-refractivity contribution < 1.29 is 58.8 Å². The van der Waals surface area contributed by atoms with Crippen LogP contribution in [-0.4, -0.2) is 140 Å². The highest BCUT2D eigenvalue weighted by molar-refractivity contribution is 5.87. The van der Waals surface area contributed by atoms with Crippen molar-refractivity contribution in [3.05, 3.63) is 0 Å². The number of hydrogen-bond acceptors (Lipinski definition) is 8. The quantitative estimate of drug-likeness (QED) is 0.157. The molecule has 4 aliphatic heterocycles. The van der Waals surface area contributed by atoms with Gasteiger partial charge in [-0.2, -0.15) is 0 Å². The highest BCUT2D eigenvalue weighted by Gasteiger charge is 2.36. The fourth-order valence-corrected chi connectivity index (χ4v) is 6.34. The second-order valence-electron chi connectivity index (χ2n) is 14.0. The molecule has 4 N–H and O–H groups in total. The molecule has 4 heterocycles. The summed E-state index contributed by atoms with van der Waals surface area (Å²) in [6, 6.07) is 0. The third-order valence-corrected chi connectivity index (χ3v) is 9.73. The smallest absolute Gasteiger partial charge is 0.308 e. The zero-order chi connectivity index (χ0) is 40.1. The summed E-state index contributed by atoms with van der Waals surface area (Å²) >= 11 is 0. The standard InChI is InChI=1S/C11H19NO3.C10H17NO3.C9H15NO3.C7H11NO3/c1-2-3-4-5-6-12-8-9(11(14)15)7-10(12)13;1-2-3-4-5-11-7-8(10(13)14)6-9(11)12;1-2-3-4-10-6-7(9(12)13)5-8(10)11;1-2-8-4-5(7(10)11)3-6(8)9/h9H,2-8H2,1H3,(H,14,15);8H,2-7H2,1H3,(H,13,14);7H,2-6H2,1H3,(H,12,13);5H,2-4H2,1H3,(H,10,11). The van der Waals surface area contributed by atoms with Gasteiger partial charge in [0.25, 0.3) is 0 Å². The fraction of sp³-hybridized carbons (Fsp3) is 0.784. The van der Waals surface area contributed by atoms with E-state index in [1.807, 2.05) is 6.92 Å². The van der Waals surface area contributed by atoms with Gasteiger partial charge in [-0.15, -0.1) is 0 Å². The zero-order valence-corrected chi connectivity index (χ0v) is 32.0. The lowest BCUT2D eigenvalue weighted by atomic mass is 10.1. The van der Waals surface area contributed by atoms with Crippen LogP contribution in [0.5, 0.6) is 0 Å². The largest absolute Gasteiger partial charge is 0.481 e. The van der Waals surface area contributed by atoms with E-state index in [-0.39, 0.29) is 49.3 Å². The van der Waals surface area contributed by atoms with E-state index >= 15 is 0 Å². The van der Waals surface area contributed by atoms with E-state index in [9.17, 15) is 38.4 Å². The Morgan fingerprint density at radius 1 is 0.434 bits per heavy atom. The Kier molecular flexibility index (Phi) is 22.0. The van der Waals surface area contributed by atoms with Gasteiger partial charge < -0.3 is 40.0 Å². The average Bonchev–Trinajstić information content (AvgIpc) is 3.88. The van der Waals surface area contributed by atoms with Crippen molar-refractivity contribution in [2.45, 2.75) is 111 Å². The molecule has 0 spiro atoms. The number of hydrogen-bond donors (Lipinski definition) is 4. The van der Waals surface area contributed by atoms with Crippen LogP contribution < -0.4 is 0 Å². The third-order valence-electron chi connectivity index (χ3n) is 9.73. The third kappa shape index (κ3) is 17.0. The summed E-state index contributed by atoms with van der Waals surface area (Å²) in [6.45, 7) is 12.5. The molecule has 4 atom stereocenters. The Bertz CT molecular complexity index is 1240. The van der Waals surface area contributed by atoms with E-state index in [0.717, 1.165) is 58.0 Å². The molecule has 302 valence electrons. The molecule has 0 bridgehead atoms. The van der Waals surface area contributed by atoms with Crippen LogP contribution in [0, 0.1) is 23.7 Å². The molecule has 4 rings (SSSR count). The van der Waals surface area contributed by atoms with Gasteiger partial charge in [0, 0.05) is 78.0 Å². The monoisotopic (exact) mass is 754 g/mol. The van der Waals surface area contributed by atoms with Crippen molar-refractivity contribution in [1.82, 2.24) is 19.6 Å². The van der Waals surface area contributed by atoms with E-state index < -0.39 is 47.5 Å². The first kappa shape index (κ1) is 46.8. The van der Waals surface area contributed by atoms with Gasteiger partial charge >= 0.3 is 23.9 Å². The number of carboxylic acids is 4. The first-order valence-electron chi connectivity index (χ1n) is 19.1. The topological polar surface area (TPSA) is 230 Å². The van der Waals surface area contributed by atoms with Gasteiger partial charge in [0.1, 0.15) is 0 Å². The molecule has 53 heavy (non-hydrogen) atoms. The predicted octanol–water partition coefficient (Wildman–Crippen LogP) is 3.27. The van der Waals surface area contributed by atoms with Gasteiger partial charge in [-0.05, 0) is 26.2 Å². The van der Waals surface area contributed by atoms with Crippen molar-refractivity contribution in [2.75, 3.05) is 52.4 Å². The lowest BCUT2D eigenvalue weighted by Gasteiger charge is -2.15. The van der Waals surface area contributed by atoms with Crippen LogP contribution in [0.25, 0.3) is 0 Å². The van der Waals surface area contributed by atoms with E-state index in [2.05, 4.69) is 20.8 Å². The summed E-state index contributed by atoms with van der Waals surface area (Å²) in [5.41, 5.74) is 0. The molecule has 0 aromatic heterocycles. The molecular weight excluding hydrogens is 692 g/mol. The SMILES string of the molecule is CCCCCCN1CC(C(=O)O)CC1=O.CCCCCN1CC(C(=O)O)CC1=O.CCCCN1CC(C(=O)O)CC1=O.CCN1CC(C(=O)O)CC1=O. The molecule has 0 aromatic rings. The highest BCUT2D eigenvalue weighted by Crippen LogP contribution is 2.21. The van der Waals surface area contributed by atoms with Crippen molar-refractivity contribution in [3.8, 4) is 0 Å². The summed E-state index contributed by atoms with van der Waals surface area (Å²) in [5.74, 6) is -5.41. The van der Waals surface area contributed by atoms with Crippen LogP contribution in [0.1, 0.15) is 111 Å².